The van der Waals surface area contributed by atoms with Crippen LogP contribution < -0.4 is 5.32 Å². The first kappa shape index (κ1) is 11.3. The predicted octanol–water partition coefficient (Wildman–Crippen LogP) is 2.46. The summed E-state index contributed by atoms with van der Waals surface area (Å²) in [5.74, 6) is 0. The highest BCUT2D eigenvalue weighted by Crippen LogP contribution is 2.24. The molecule has 18 heavy (non-hydrogen) atoms. The Balaban J connectivity index is 1.88. The second kappa shape index (κ2) is 4.82. The van der Waals surface area contributed by atoms with Crippen molar-refractivity contribution in [2.75, 3.05) is 11.9 Å². The fraction of sp³-hybridized carbons (Fsp3) is 0.357. The molecule has 4 heteroatoms. The van der Waals surface area contributed by atoms with E-state index in [-0.39, 0.29) is 6.10 Å². The Hall–Kier alpha value is -1.81. The van der Waals surface area contributed by atoms with Crippen LogP contribution in [0.5, 0.6) is 0 Å². The van der Waals surface area contributed by atoms with Crippen LogP contribution in [-0.4, -0.2) is 28.3 Å². The second-order valence-electron chi connectivity index (χ2n) is 4.60. The number of anilines is 1. The van der Waals surface area contributed by atoms with E-state index in [1.807, 2.05) is 29.2 Å². The third kappa shape index (κ3) is 2.11. The molecule has 0 radical (unpaired) electrons. The molecule has 2 atom stereocenters. The van der Waals surface area contributed by atoms with Crippen LogP contribution >= 0.6 is 0 Å². The molecule has 94 valence electrons. The molecule has 4 nitrogen and oxygen atoms in total. The van der Waals surface area contributed by atoms with Crippen molar-refractivity contribution in [3.8, 4) is 5.69 Å². The molecule has 1 aliphatic rings. The van der Waals surface area contributed by atoms with Crippen LogP contribution in [0.4, 0.5) is 5.69 Å². The van der Waals surface area contributed by atoms with E-state index in [1.165, 1.54) is 0 Å². The number of nitrogens with zero attached hydrogens (tertiary/aromatic N) is 2. The highest BCUT2D eigenvalue weighted by atomic mass is 16.5. The number of hydrogen-bond donors (Lipinski definition) is 1. The lowest BCUT2D eigenvalue weighted by Crippen LogP contribution is -2.27. The van der Waals surface area contributed by atoms with Gasteiger partial charge in [-0.3, -0.25) is 0 Å². The molecule has 0 aliphatic carbocycles. The maximum absolute atomic E-state index is 5.59. The van der Waals surface area contributed by atoms with Crippen LogP contribution in [0, 0.1) is 0 Å². The summed E-state index contributed by atoms with van der Waals surface area (Å²) in [7, 11) is 0. The van der Waals surface area contributed by atoms with Crippen molar-refractivity contribution in [3.05, 3.63) is 43.0 Å². The third-order valence-corrected chi connectivity index (χ3v) is 3.40. The molecule has 1 aromatic heterocycles. The zero-order chi connectivity index (χ0) is 12.4. The molecule has 1 aromatic carbocycles. The van der Waals surface area contributed by atoms with Gasteiger partial charge < -0.3 is 14.6 Å². The third-order valence-electron chi connectivity index (χ3n) is 3.40. The molecule has 0 saturated carbocycles. The molecular weight excluding hydrogens is 226 g/mol. The van der Waals surface area contributed by atoms with E-state index in [4.69, 9.17) is 4.74 Å². The molecular formula is C14H17N3O. The minimum atomic E-state index is 0.265. The summed E-state index contributed by atoms with van der Waals surface area (Å²) in [6.07, 6.45) is 6.88. The molecule has 1 aliphatic heterocycles. The first-order valence-corrected chi connectivity index (χ1v) is 6.30. The van der Waals surface area contributed by atoms with Crippen molar-refractivity contribution in [1.82, 2.24) is 9.55 Å². The van der Waals surface area contributed by atoms with Gasteiger partial charge in [0.15, 0.2) is 0 Å². The highest BCUT2D eigenvalue weighted by Gasteiger charge is 2.24. The Morgan fingerprint density at radius 3 is 3.00 bits per heavy atom. The minimum Gasteiger partial charge on any atom is -0.378 e. The molecule has 2 heterocycles. The number of ether oxygens (including phenoxy) is 1. The van der Waals surface area contributed by atoms with Crippen molar-refractivity contribution in [2.45, 2.75) is 25.5 Å². The summed E-state index contributed by atoms with van der Waals surface area (Å²) in [5.41, 5.74) is 2.24. The maximum Gasteiger partial charge on any atom is 0.0992 e. The van der Waals surface area contributed by atoms with Crippen LogP contribution in [0.2, 0.25) is 0 Å². The summed E-state index contributed by atoms with van der Waals surface area (Å²) in [6.45, 7) is 2.95. The second-order valence-corrected chi connectivity index (χ2v) is 4.60. The summed E-state index contributed by atoms with van der Waals surface area (Å²) in [6, 6.07) is 8.65. The van der Waals surface area contributed by atoms with Crippen molar-refractivity contribution in [1.29, 1.82) is 0 Å². The van der Waals surface area contributed by atoms with Crippen LogP contribution in [0.3, 0.4) is 0 Å². The molecule has 0 spiro atoms. The van der Waals surface area contributed by atoms with E-state index >= 15 is 0 Å². The number of hydrogen-bond acceptors (Lipinski definition) is 3. The standard InChI is InChI=1S/C14H17N3O/c1-11-12(6-9-18-11)16-13-4-2-3-5-14(13)17-8-7-15-10-17/h2-5,7-8,10-12,16H,6,9H2,1H3. The molecule has 2 unspecified atom stereocenters. The normalized spacial score (nSPS) is 23.2. The quantitative estimate of drug-likeness (QED) is 0.900. The van der Waals surface area contributed by atoms with Crippen molar-refractivity contribution >= 4 is 5.69 Å². The molecule has 1 fully saturated rings. The Morgan fingerprint density at radius 1 is 1.39 bits per heavy atom. The summed E-state index contributed by atoms with van der Waals surface area (Å²) >= 11 is 0. The monoisotopic (exact) mass is 243 g/mol. The van der Waals surface area contributed by atoms with Crippen LogP contribution in [0.1, 0.15) is 13.3 Å². The van der Waals surface area contributed by atoms with Gasteiger partial charge in [0.25, 0.3) is 0 Å². The van der Waals surface area contributed by atoms with Gasteiger partial charge in [-0.25, -0.2) is 4.98 Å². The van der Waals surface area contributed by atoms with Crippen LogP contribution in [0.15, 0.2) is 43.0 Å². The van der Waals surface area contributed by atoms with Crippen LogP contribution in [-0.2, 0) is 4.74 Å². The number of benzene rings is 1. The van der Waals surface area contributed by atoms with E-state index in [9.17, 15) is 0 Å². The number of imidazole rings is 1. The lowest BCUT2D eigenvalue weighted by atomic mass is 10.1. The minimum absolute atomic E-state index is 0.265. The van der Waals surface area contributed by atoms with E-state index < -0.39 is 0 Å². The number of para-hydroxylation sites is 2. The zero-order valence-corrected chi connectivity index (χ0v) is 10.4. The molecule has 1 saturated heterocycles. The van der Waals surface area contributed by atoms with Gasteiger partial charge in [-0.05, 0) is 25.5 Å². The maximum atomic E-state index is 5.59. The van der Waals surface area contributed by atoms with Crippen molar-refractivity contribution in [3.63, 3.8) is 0 Å². The van der Waals surface area contributed by atoms with Crippen molar-refractivity contribution in [2.24, 2.45) is 0 Å². The number of aromatic nitrogens is 2. The molecule has 0 amide bonds. The number of nitrogens with one attached hydrogen (secondary N) is 1. The topological polar surface area (TPSA) is 39.1 Å². The Labute approximate surface area is 107 Å². The SMILES string of the molecule is CC1OCCC1Nc1ccccc1-n1ccnc1. The summed E-state index contributed by atoms with van der Waals surface area (Å²) in [4.78, 5) is 4.10. The average Bonchev–Trinajstić information content (AvgIpc) is 3.03. The predicted molar refractivity (Wildman–Crippen MR) is 71.0 cm³/mol. The first-order chi connectivity index (χ1) is 8.84. The van der Waals surface area contributed by atoms with E-state index in [2.05, 4.69) is 29.4 Å². The summed E-state index contributed by atoms with van der Waals surface area (Å²) in [5, 5.41) is 3.57. The van der Waals surface area contributed by atoms with Gasteiger partial charge in [0.1, 0.15) is 0 Å². The van der Waals surface area contributed by atoms with Gasteiger partial charge in [-0.2, -0.15) is 0 Å². The van der Waals surface area contributed by atoms with Gasteiger partial charge >= 0.3 is 0 Å². The van der Waals surface area contributed by atoms with Gasteiger partial charge in [0, 0.05) is 19.0 Å². The van der Waals surface area contributed by atoms with Gasteiger partial charge in [0.05, 0.1) is 29.8 Å². The first-order valence-electron chi connectivity index (χ1n) is 6.30. The fourth-order valence-electron chi connectivity index (χ4n) is 2.34. The lowest BCUT2D eigenvalue weighted by Gasteiger charge is -2.20. The smallest absolute Gasteiger partial charge is 0.0992 e. The lowest BCUT2D eigenvalue weighted by molar-refractivity contribution is 0.121. The summed E-state index contributed by atoms with van der Waals surface area (Å²) < 4.78 is 7.60. The number of rotatable bonds is 3. The van der Waals surface area contributed by atoms with Gasteiger partial charge in [-0.1, -0.05) is 12.1 Å². The Morgan fingerprint density at radius 2 is 2.28 bits per heavy atom. The van der Waals surface area contributed by atoms with E-state index in [1.54, 1.807) is 6.20 Å². The molecule has 3 rings (SSSR count). The fourth-order valence-corrected chi connectivity index (χ4v) is 2.34. The van der Waals surface area contributed by atoms with Gasteiger partial charge in [0.2, 0.25) is 0 Å². The largest absolute Gasteiger partial charge is 0.378 e. The van der Waals surface area contributed by atoms with Gasteiger partial charge in [-0.15, -0.1) is 0 Å². The molecule has 0 bridgehead atoms. The van der Waals surface area contributed by atoms with E-state index in [0.717, 1.165) is 24.4 Å². The zero-order valence-electron chi connectivity index (χ0n) is 10.4. The Bertz CT molecular complexity index is 510. The van der Waals surface area contributed by atoms with Crippen LogP contribution in [0.25, 0.3) is 5.69 Å². The molecule has 1 N–H and O–H groups in total. The van der Waals surface area contributed by atoms with E-state index in [0.29, 0.717) is 6.04 Å². The molecule has 2 aromatic rings. The highest BCUT2D eigenvalue weighted by molar-refractivity contribution is 5.61. The average molecular weight is 243 g/mol. The Kier molecular flexibility index (Phi) is 3.02. The van der Waals surface area contributed by atoms with Crippen molar-refractivity contribution < 1.29 is 4.74 Å².